The fourth-order valence-corrected chi connectivity index (χ4v) is 1.22. The number of rotatable bonds is 2. The summed E-state index contributed by atoms with van der Waals surface area (Å²) in [6, 6.07) is 9.54. The fourth-order valence-electron chi connectivity index (χ4n) is 1.22. The van der Waals surface area contributed by atoms with Crippen LogP contribution in [0.25, 0.3) is 11.0 Å². The number of nitrogens with zero attached hydrogens (tertiary/aromatic N) is 2. The first kappa shape index (κ1) is 9.26. The Morgan fingerprint density at radius 1 is 1.27 bits per heavy atom. The lowest BCUT2D eigenvalue weighted by Crippen LogP contribution is -2.21. The van der Waals surface area contributed by atoms with Crippen molar-refractivity contribution in [3.8, 4) is 0 Å². The first-order valence-corrected chi connectivity index (χ1v) is 4.36. The summed E-state index contributed by atoms with van der Waals surface area (Å²) in [6.45, 7) is 0. The second kappa shape index (κ2) is 3.83. The number of furan rings is 1. The minimum atomic E-state index is -0.0811. The van der Waals surface area contributed by atoms with E-state index in [1.807, 2.05) is 30.3 Å². The molecule has 0 spiro atoms. The van der Waals surface area contributed by atoms with Gasteiger partial charge in [0.15, 0.2) is 0 Å². The molecule has 0 atom stereocenters. The van der Waals surface area contributed by atoms with E-state index < -0.39 is 0 Å². The van der Waals surface area contributed by atoms with Gasteiger partial charge in [0, 0.05) is 5.39 Å². The van der Waals surface area contributed by atoms with Crippen LogP contribution in [0.1, 0.15) is 5.76 Å². The van der Waals surface area contributed by atoms with Crippen molar-refractivity contribution in [2.24, 2.45) is 21.7 Å². The monoisotopic (exact) mass is 202 g/mol. The van der Waals surface area contributed by atoms with Crippen molar-refractivity contribution in [1.82, 2.24) is 0 Å². The lowest BCUT2D eigenvalue weighted by Gasteiger charge is -1.83. The minimum absolute atomic E-state index is 0.0811. The highest BCUT2D eigenvalue weighted by molar-refractivity contribution is 5.87. The lowest BCUT2D eigenvalue weighted by molar-refractivity contribution is 0.607. The van der Waals surface area contributed by atoms with Gasteiger partial charge >= 0.3 is 0 Å². The van der Waals surface area contributed by atoms with Gasteiger partial charge in [-0.2, -0.15) is 5.10 Å². The SMILES string of the molecule is NC(N)=NN=Cc1cc2ccccc2o1. The maximum absolute atomic E-state index is 5.45. The van der Waals surface area contributed by atoms with E-state index in [9.17, 15) is 0 Å². The summed E-state index contributed by atoms with van der Waals surface area (Å²) in [5.74, 6) is 0.531. The Balaban J connectivity index is 2.30. The van der Waals surface area contributed by atoms with Gasteiger partial charge in [0.05, 0.1) is 6.21 Å². The van der Waals surface area contributed by atoms with Gasteiger partial charge in [0.2, 0.25) is 5.96 Å². The molecule has 0 unspecified atom stereocenters. The molecule has 15 heavy (non-hydrogen) atoms. The van der Waals surface area contributed by atoms with Crippen LogP contribution in [0, 0.1) is 0 Å². The van der Waals surface area contributed by atoms with Crippen molar-refractivity contribution in [2.75, 3.05) is 0 Å². The first-order chi connectivity index (χ1) is 7.25. The number of para-hydroxylation sites is 1. The molecule has 2 rings (SSSR count). The Hall–Kier alpha value is -2.30. The molecule has 1 aromatic heterocycles. The molecular weight excluding hydrogens is 192 g/mol. The zero-order valence-electron chi connectivity index (χ0n) is 7.92. The van der Waals surface area contributed by atoms with Crippen LogP contribution in [0.2, 0.25) is 0 Å². The van der Waals surface area contributed by atoms with Crippen LogP contribution in [-0.4, -0.2) is 12.2 Å². The Bertz CT molecular complexity index is 490. The molecule has 0 amide bonds. The van der Waals surface area contributed by atoms with Crippen molar-refractivity contribution in [3.63, 3.8) is 0 Å². The van der Waals surface area contributed by atoms with Crippen LogP contribution in [0.15, 0.2) is 45.0 Å². The van der Waals surface area contributed by atoms with E-state index in [2.05, 4.69) is 10.2 Å². The smallest absolute Gasteiger partial charge is 0.211 e. The van der Waals surface area contributed by atoms with Gasteiger partial charge in [-0.3, -0.25) is 0 Å². The highest BCUT2D eigenvalue weighted by Crippen LogP contribution is 2.17. The van der Waals surface area contributed by atoms with Crippen LogP contribution in [0.4, 0.5) is 0 Å². The number of hydrogen-bond acceptors (Lipinski definition) is 3. The summed E-state index contributed by atoms with van der Waals surface area (Å²) in [5.41, 5.74) is 11.0. The number of fused-ring (bicyclic) bond motifs is 1. The fraction of sp³-hybridized carbons (Fsp3) is 0. The molecule has 0 aliphatic rings. The summed E-state index contributed by atoms with van der Waals surface area (Å²) in [4.78, 5) is 0. The van der Waals surface area contributed by atoms with E-state index in [0.29, 0.717) is 5.76 Å². The van der Waals surface area contributed by atoms with Gasteiger partial charge in [0.1, 0.15) is 11.3 Å². The van der Waals surface area contributed by atoms with Crippen molar-refractivity contribution in [3.05, 3.63) is 36.1 Å². The van der Waals surface area contributed by atoms with E-state index in [0.717, 1.165) is 11.0 Å². The summed E-state index contributed by atoms with van der Waals surface area (Å²) in [7, 11) is 0. The summed E-state index contributed by atoms with van der Waals surface area (Å²) < 4.78 is 5.45. The molecule has 0 fully saturated rings. The number of benzene rings is 1. The minimum Gasteiger partial charge on any atom is -0.455 e. The third-order valence-corrected chi connectivity index (χ3v) is 1.80. The lowest BCUT2D eigenvalue weighted by atomic mass is 10.2. The van der Waals surface area contributed by atoms with Crippen molar-refractivity contribution >= 4 is 23.1 Å². The maximum atomic E-state index is 5.45. The third-order valence-electron chi connectivity index (χ3n) is 1.80. The predicted molar refractivity (Wildman–Crippen MR) is 59.6 cm³/mol. The third kappa shape index (κ3) is 2.14. The Morgan fingerprint density at radius 2 is 2.07 bits per heavy atom. The Labute approximate surface area is 86.1 Å². The summed E-state index contributed by atoms with van der Waals surface area (Å²) in [5, 5.41) is 8.14. The molecule has 0 aliphatic heterocycles. The van der Waals surface area contributed by atoms with Crippen molar-refractivity contribution in [1.29, 1.82) is 0 Å². The van der Waals surface area contributed by atoms with Crippen molar-refractivity contribution in [2.45, 2.75) is 0 Å². The molecule has 0 saturated heterocycles. The molecule has 5 heteroatoms. The largest absolute Gasteiger partial charge is 0.455 e. The van der Waals surface area contributed by atoms with Gasteiger partial charge < -0.3 is 15.9 Å². The molecule has 0 radical (unpaired) electrons. The van der Waals surface area contributed by atoms with E-state index in [4.69, 9.17) is 15.9 Å². The number of guanidine groups is 1. The maximum Gasteiger partial charge on any atom is 0.211 e. The molecular formula is C10H10N4O. The second-order valence-electron chi connectivity index (χ2n) is 2.96. The topological polar surface area (TPSA) is 89.9 Å². The zero-order valence-corrected chi connectivity index (χ0v) is 7.92. The first-order valence-electron chi connectivity index (χ1n) is 4.36. The molecule has 2 aromatic rings. The van der Waals surface area contributed by atoms with E-state index in [1.165, 1.54) is 6.21 Å². The van der Waals surface area contributed by atoms with Crippen LogP contribution >= 0.6 is 0 Å². The van der Waals surface area contributed by atoms with Gasteiger partial charge in [-0.05, 0) is 12.1 Å². The predicted octanol–water partition coefficient (Wildman–Crippen LogP) is 1.04. The van der Waals surface area contributed by atoms with Crippen LogP contribution < -0.4 is 11.5 Å². The van der Waals surface area contributed by atoms with Gasteiger partial charge in [-0.25, -0.2) is 0 Å². The Kier molecular flexibility index (Phi) is 2.37. The highest BCUT2D eigenvalue weighted by atomic mass is 16.3. The zero-order chi connectivity index (χ0) is 10.7. The number of nitrogens with two attached hydrogens (primary N) is 2. The highest BCUT2D eigenvalue weighted by Gasteiger charge is 1.99. The van der Waals surface area contributed by atoms with Crippen LogP contribution in [0.5, 0.6) is 0 Å². The molecule has 5 nitrogen and oxygen atoms in total. The molecule has 1 heterocycles. The van der Waals surface area contributed by atoms with Gasteiger partial charge in [-0.15, -0.1) is 5.10 Å². The van der Waals surface area contributed by atoms with Crippen LogP contribution in [-0.2, 0) is 0 Å². The molecule has 4 N–H and O–H groups in total. The quantitative estimate of drug-likeness (QED) is 0.433. The molecule has 0 bridgehead atoms. The van der Waals surface area contributed by atoms with Gasteiger partial charge in [-0.1, -0.05) is 18.2 Å². The second-order valence-corrected chi connectivity index (χ2v) is 2.96. The van der Waals surface area contributed by atoms with Gasteiger partial charge in [0.25, 0.3) is 0 Å². The molecule has 0 saturated carbocycles. The summed E-state index contributed by atoms with van der Waals surface area (Å²) in [6.07, 6.45) is 1.46. The van der Waals surface area contributed by atoms with E-state index in [1.54, 1.807) is 0 Å². The average molecular weight is 202 g/mol. The van der Waals surface area contributed by atoms with Crippen LogP contribution in [0.3, 0.4) is 0 Å². The molecule has 76 valence electrons. The van der Waals surface area contributed by atoms with E-state index >= 15 is 0 Å². The van der Waals surface area contributed by atoms with E-state index in [-0.39, 0.29) is 5.96 Å². The average Bonchev–Trinajstić information content (AvgIpc) is 2.59. The standard InChI is InChI=1S/C10H10N4O/c11-10(12)14-13-6-8-5-7-3-1-2-4-9(7)15-8/h1-6H,(H4,11,12,14). The normalized spacial score (nSPS) is 10.9. The Morgan fingerprint density at radius 3 is 2.80 bits per heavy atom. The summed E-state index contributed by atoms with van der Waals surface area (Å²) >= 11 is 0. The number of hydrogen-bond donors (Lipinski definition) is 2. The van der Waals surface area contributed by atoms with Crippen molar-refractivity contribution < 1.29 is 4.42 Å². The molecule has 0 aliphatic carbocycles. The molecule has 1 aromatic carbocycles.